The average Bonchev–Trinajstić information content (AvgIpc) is 2.86. The number of hydrogen-bond acceptors (Lipinski definition) is 6. The first-order valence-electron chi connectivity index (χ1n) is 8.18. The first-order valence-corrected chi connectivity index (χ1v) is 8.56. The number of ether oxygens (including phenoxy) is 3. The first kappa shape index (κ1) is 20.6. The molecule has 1 aliphatic rings. The Morgan fingerprint density at radius 3 is 2.07 bits per heavy atom. The summed E-state index contributed by atoms with van der Waals surface area (Å²) in [5.74, 6) is 0.0569. The van der Waals surface area contributed by atoms with Crippen molar-refractivity contribution in [3.05, 3.63) is 48.7 Å². The summed E-state index contributed by atoms with van der Waals surface area (Å²) in [7, 11) is 4.41. The molecule has 0 heterocycles. The van der Waals surface area contributed by atoms with E-state index in [9.17, 15) is 9.59 Å². The van der Waals surface area contributed by atoms with Gasteiger partial charge in [0.2, 0.25) is 5.78 Å². The van der Waals surface area contributed by atoms with Gasteiger partial charge in [0.1, 0.15) is 17.2 Å². The molecule has 0 amide bonds. The molecule has 1 aromatic rings. The predicted molar refractivity (Wildman–Crippen MR) is 105 cm³/mol. The lowest BCUT2D eigenvalue weighted by molar-refractivity contribution is -0.124. The Morgan fingerprint density at radius 1 is 1.04 bits per heavy atom. The summed E-state index contributed by atoms with van der Waals surface area (Å²) in [6, 6.07) is 3.21. The number of Topliss-reactive ketones (excluding diaryl/α,β-unsaturated/α-hetero) is 2. The Hall–Kier alpha value is -2.73. The van der Waals surface area contributed by atoms with Crippen LogP contribution < -0.4 is 19.5 Å². The number of alkyl halides is 1. The van der Waals surface area contributed by atoms with Crippen molar-refractivity contribution in [1.82, 2.24) is 5.32 Å². The van der Waals surface area contributed by atoms with Gasteiger partial charge < -0.3 is 19.5 Å². The summed E-state index contributed by atoms with van der Waals surface area (Å²) >= 11 is 6.46. The van der Waals surface area contributed by atoms with Crippen molar-refractivity contribution in [2.75, 3.05) is 27.9 Å². The number of benzene rings is 1. The van der Waals surface area contributed by atoms with E-state index in [1.165, 1.54) is 27.4 Å². The molecule has 27 heavy (non-hydrogen) atoms. The number of halogens is 1. The van der Waals surface area contributed by atoms with Crippen molar-refractivity contribution in [3.8, 4) is 17.2 Å². The zero-order valence-corrected chi connectivity index (χ0v) is 16.3. The smallest absolute Gasteiger partial charge is 0.208 e. The molecule has 0 fully saturated rings. The van der Waals surface area contributed by atoms with E-state index < -0.39 is 16.4 Å². The van der Waals surface area contributed by atoms with E-state index in [0.29, 0.717) is 22.8 Å². The fourth-order valence-electron chi connectivity index (χ4n) is 2.94. The molecule has 0 spiro atoms. The second kappa shape index (κ2) is 8.31. The second-order valence-corrected chi connectivity index (χ2v) is 6.42. The number of hydrogen-bond donors (Lipinski definition) is 1. The normalized spacial score (nSPS) is 19.1. The van der Waals surface area contributed by atoms with Crippen LogP contribution >= 0.6 is 11.6 Å². The summed E-state index contributed by atoms with van der Waals surface area (Å²) in [4.78, 5) is 24.5. The molecule has 144 valence electrons. The number of carbonyl (C=O) groups is 2. The third kappa shape index (κ3) is 3.45. The van der Waals surface area contributed by atoms with Crippen LogP contribution in [0.1, 0.15) is 12.0 Å². The van der Waals surface area contributed by atoms with Gasteiger partial charge in [-0.1, -0.05) is 12.2 Å². The second-order valence-electron chi connectivity index (χ2n) is 5.78. The fraction of sp³-hybridized carbons (Fsp3) is 0.300. The maximum absolute atomic E-state index is 13.2. The number of carbonyl (C=O) groups excluding carboxylic acids is 2. The Kier molecular flexibility index (Phi) is 6.33. The molecule has 1 N–H and O–H groups in total. The maximum Gasteiger partial charge on any atom is 0.208 e. The summed E-state index contributed by atoms with van der Waals surface area (Å²) < 4.78 is 16.1. The van der Waals surface area contributed by atoms with Gasteiger partial charge in [-0.05, 0) is 6.42 Å². The van der Waals surface area contributed by atoms with Crippen molar-refractivity contribution in [1.29, 1.82) is 0 Å². The van der Waals surface area contributed by atoms with E-state index in [0.717, 1.165) is 0 Å². The molecule has 0 saturated carbocycles. The Bertz CT molecular complexity index is 805. The summed E-state index contributed by atoms with van der Waals surface area (Å²) in [6.07, 6.45) is 3.02. The number of rotatable bonds is 9. The molecule has 0 saturated heterocycles. The van der Waals surface area contributed by atoms with Crippen LogP contribution in [-0.4, -0.2) is 44.3 Å². The lowest BCUT2D eigenvalue weighted by atomic mass is 9.94. The Balaban J connectivity index is 2.80. The first-order chi connectivity index (χ1) is 12.9. The van der Waals surface area contributed by atoms with Crippen LogP contribution in [0.15, 0.2) is 43.1 Å². The van der Waals surface area contributed by atoms with Crippen LogP contribution in [0.5, 0.6) is 17.2 Å². The van der Waals surface area contributed by atoms with Crippen molar-refractivity contribution >= 4 is 28.7 Å². The van der Waals surface area contributed by atoms with Gasteiger partial charge in [-0.3, -0.25) is 9.59 Å². The molecule has 0 aliphatic heterocycles. The van der Waals surface area contributed by atoms with Crippen LogP contribution in [0, 0.1) is 0 Å². The minimum Gasteiger partial charge on any atom is -0.496 e. The van der Waals surface area contributed by atoms with Crippen LogP contribution in [0.25, 0.3) is 5.57 Å². The standard InChI is InChI=1S/C20H22ClNO5/c1-6-8-20(21)18(23)16(17(19(20)24)22-9-7-2)15-13(26-4)10-12(25-3)11-14(15)27-5/h6-7,10-11,22H,1-2,8-9H2,3-5H3. The van der Waals surface area contributed by atoms with Gasteiger partial charge in [-0.2, -0.15) is 0 Å². The van der Waals surface area contributed by atoms with Crippen molar-refractivity contribution < 1.29 is 23.8 Å². The van der Waals surface area contributed by atoms with Crippen LogP contribution in [0.2, 0.25) is 0 Å². The van der Waals surface area contributed by atoms with Gasteiger partial charge in [0.15, 0.2) is 10.7 Å². The molecule has 1 aliphatic carbocycles. The third-order valence-electron chi connectivity index (χ3n) is 4.24. The topological polar surface area (TPSA) is 73.9 Å². The molecule has 0 radical (unpaired) electrons. The molecule has 0 bridgehead atoms. The Morgan fingerprint density at radius 2 is 1.63 bits per heavy atom. The molecule has 1 atom stereocenters. The van der Waals surface area contributed by atoms with Crippen LogP contribution in [-0.2, 0) is 9.59 Å². The van der Waals surface area contributed by atoms with Gasteiger partial charge >= 0.3 is 0 Å². The van der Waals surface area contributed by atoms with Crippen LogP contribution in [0.3, 0.4) is 0 Å². The van der Waals surface area contributed by atoms with Gasteiger partial charge in [-0.15, -0.1) is 24.8 Å². The van der Waals surface area contributed by atoms with Crippen LogP contribution in [0.4, 0.5) is 0 Å². The molecule has 2 rings (SSSR count). The zero-order chi connectivity index (χ0) is 20.2. The van der Waals surface area contributed by atoms with E-state index in [-0.39, 0.29) is 24.2 Å². The van der Waals surface area contributed by atoms with E-state index in [1.54, 1.807) is 18.2 Å². The molecule has 1 aromatic carbocycles. The molecular formula is C20H22ClNO5. The van der Waals surface area contributed by atoms with Gasteiger partial charge in [0.05, 0.1) is 38.2 Å². The fourth-order valence-corrected chi connectivity index (χ4v) is 3.24. The number of ketones is 2. The predicted octanol–water partition coefficient (Wildman–Crippen LogP) is 2.90. The van der Waals surface area contributed by atoms with Gasteiger partial charge in [0.25, 0.3) is 0 Å². The quantitative estimate of drug-likeness (QED) is 0.396. The summed E-state index contributed by atoms with van der Waals surface area (Å²) in [6.45, 7) is 7.51. The van der Waals surface area contributed by atoms with Gasteiger partial charge in [-0.25, -0.2) is 0 Å². The summed E-state index contributed by atoms with van der Waals surface area (Å²) in [5, 5.41) is 2.93. The monoisotopic (exact) mass is 391 g/mol. The average molecular weight is 392 g/mol. The van der Waals surface area contributed by atoms with Gasteiger partial charge in [0, 0.05) is 18.7 Å². The number of allylic oxidation sites excluding steroid dienone is 3. The van der Waals surface area contributed by atoms with E-state index in [2.05, 4.69) is 18.5 Å². The van der Waals surface area contributed by atoms with E-state index in [4.69, 9.17) is 25.8 Å². The highest BCUT2D eigenvalue weighted by molar-refractivity contribution is 6.61. The van der Waals surface area contributed by atoms with Crippen molar-refractivity contribution in [3.63, 3.8) is 0 Å². The lowest BCUT2D eigenvalue weighted by Gasteiger charge is -2.18. The number of nitrogens with one attached hydrogen (secondary N) is 1. The molecular weight excluding hydrogens is 370 g/mol. The minimum atomic E-state index is -1.75. The maximum atomic E-state index is 13.2. The molecule has 0 aromatic heterocycles. The summed E-state index contributed by atoms with van der Waals surface area (Å²) in [5.41, 5.74) is 0.533. The highest BCUT2D eigenvalue weighted by atomic mass is 35.5. The molecule has 1 unspecified atom stereocenters. The zero-order valence-electron chi connectivity index (χ0n) is 15.6. The van der Waals surface area contributed by atoms with Crippen molar-refractivity contribution in [2.24, 2.45) is 0 Å². The lowest BCUT2D eigenvalue weighted by Crippen LogP contribution is -2.37. The highest BCUT2D eigenvalue weighted by Crippen LogP contribution is 2.47. The third-order valence-corrected chi connectivity index (χ3v) is 4.74. The van der Waals surface area contributed by atoms with Crippen molar-refractivity contribution in [2.45, 2.75) is 11.3 Å². The number of methoxy groups -OCH3 is 3. The van der Waals surface area contributed by atoms with E-state index in [1.807, 2.05) is 0 Å². The largest absolute Gasteiger partial charge is 0.496 e. The minimum absolute atomic E-state index is 0.00419. The molecule has 6 nitrogen and oxygen atoms in total. The SMILES string of the molecule is C=CCNC1=C(c2c(OC)cc(OC)cc2OC)C(=O)C(Cl)(CC=C)C1=O. The Labute approximate surface area is 163 Å². The highest BCUT2D eigenvalue weighted by Gasteiger charge is 2.54. The van der Waals surface area contributed by atoms with E-state index >= 15 is 0 Å². The molecule has 7 heteroatoms.